The Morgan fingerprint density at radius 1 is 1.05 bits per heavy atom. The number of hydrogen-bond donors (Lipinski definition) is 0. The summed E-state index contributed by atoms with van der Waals surface area (Å²) in [7, 11) is -4.40. The van der Waals surface area contributed by atoms with Gasteiger partial charge in [0.15, 0.2) is 0 Å². The molecule has 0 amide bonds. The minimum absolute atomic E-state index is 0. The van der Waals surface area contributed by atoms with Crippen LogP contribution in [-0.4, -0.2) is 13.0 Å². The van der Waals surface area contributed by atoms with Gasteiger partial charge in [0.1, 0.15) is 10.1 Å². The van der Waals surface area contributed by atoms with E-state index in [1.807, 2.05) is 25.1 Å². The molecular weight excluding hydrogens is 271 g/mol. The minimum Gasteiger partial charge on any atom is -0.744 e. The van der Waals surface area contributed by atoms with Crippen molar-refractivity contribution in [2.24, 2.45) is 0 Å². The Bertz CT molecular complexity index is 693. The molecule has 0 radical (unpaired) electrons. The molecule has 96 valence electrons. The molecule has 0 unspecified atom stereocenters. The summed E-state index contributed by atoms with van der Waals surface area (Å²) in [5, 5.41) is 1.84. The van der Waals surface area contributed by atoms with E-state index in [9.17, 15) is 13.0 Å². The maximum Gasteiger partial charge on any atom is 1.00 e. The van der Waals surface area contributed by atoms with Crippen LogP contribution in [0.5, 0.6) is 0 Å². The monoisotopic (exact) mass is 286 g/mol. The predicted molar refractivity (Wildman–Crippen MR) is 70.7 cm³/mol. The molecule has 2 aromatic rings. The molecule has 5 heteroatoms. The van der Waals surface area contributed by atoms with Gasteiger partial charge in [0, 0.05) is 0 Å². The Labute approximate surface area is 136 Å². The largest absolute Gasteiger partial charge is 1.00 e. The molecule has 2 aromatic carbocycles. The first-order valence-electron chi connectivity index (χ1n) is 5.97. The van der Waals surface area contributed by atoms with Crippen molar-refractivity contribution in [1.82, 2.24) is 0 Å². The second-order valence-corrected chi connectivity index (χ2v) is 5.61. The quantitative estimate of drug-likeness (QED) is 0.583. The summed E-state index contributed by atoms with van der Waals surface area (Å²) in [6.45, 7) is 3.93. The van der Waals surface area contributed by atoms with Crippen LogP contribution in [0.4, 0.5) is 0 Å². The summed E-state index contributed by atoms with van der Waals surface area (Å²) in [4.78, 5) is -0.0956. The average Bonchev–Trinajstić information content (AvgIpc) is 2.35. The third-order valence-electron chi connectivity index (χ3n) is 3.18. The van der Waals surface area contributed by atoms with Gasteiger partial charge in [0.05, 0.1) is 4.90 Å². The summed E-state index contributed by atoms with van der Waals surface area (Å²) in [5.41, 5.74) is 1.81. The van der Waals surface area contributed by atoms with Crippen LogP contribution >= 0.6 is 0 Å². The second kappa shape index (κ2) is 6.37. The molecule has 0 aliphatic carbocycles. The molecule has 2 rings (SSSR count). The molecule has 0 aliphatic rings. The Morgan fingerprint density at radius 3 is 2.26 bits per heavy atom. The molecule has 0 fully saturated rings. The van der Waals surface area contributed by atoms with E-state index >= 15 is 0 Å². The van der Waals surface area contributed by atoms with E-state index in [1.165, 1.54) is 11.6 Å². The molecule has 0 aliphatic heterocycles. The summed E-state index contributed by atoms with van der Waals surface area (Å²) >= 11 is 0. The number of hydrogen-bond acceptors (Lipinski definition) is 3. The third-order valence-corrected chi connectivity index (χ3v) is 4.11. The van der Waals surface area contributed by atoms with Crippen molar-refractivity contribution in [2.45, 2.75) is 31.6 Å². The molecule has 0 atom stereocenters. The third kappa shape index (κ3) is 3.38. The van der Waals surface area contributed by atoms with Crippen molar-refractivity contribution in [3.8, 4) is 0 Å². The van der Waals surface area contributed by atoms with Crippen molar-refractivity contribution in [1.29, 1.82) is 0 Å². The molecular formula is C14H15NaO3S. The van der Waals surface area contributed by atoms with Gasteiger partial charge in [-0.3, -0.25) is 0 Å². The van der Waals surface area contributed by atoms with Crippen molar-refractivity contribution >= 4 is 20.9 Å². The summed E-state index contributed by atoms with van der Waals surface area (Å²) < 4.78 is 33.7. The molecule has 0 spiro atoms. The zero-order valence-corrected chi connectivity index (χ0v) is 14.3. The molecule has 0 saturated carbocycles. The van der Waals surface area contributed by atoms with E-state index in [4.69, 9.17) is 0 Å². The van der Waals surface area contributed by atoms with E-state index < -0.39 is 10.1 Å². The van der Waals surface area contributed by atoms with E-state index in [-0.39, 0.29) is 34.5 Å². The fourth-order valence-electron chi connectivity index (χ4n) is 2.24. The standard InChI is InChI=1S/C14H16O3S.Na/c1-3-10-5-7-13-11(9-10)6-8-14(12(13)4-2)18(15,16)17;/h5-9H,3-4H2,1-2H3,(H,15,16,17);/q;+1/p-1. The van der Waals surface area contributed by atoms with Gasteiger partial charge >= 0.3 is 29.6 Å². The van der Waals surface area contributed by atoms with Gasteiger partial charge in [-0.15, -0.1) is 0 Å². The molecule has 0 N–H and O–H groups in total. The molecule has 3 nitrogen and oxygen atoms in total. The maximum absolute atomic E-state index is 11.2. The van der Waals surface area contributed by atoms with Crippen LogP contribution in [0, 0.1) is 0 Å². The van der Waals surface area contributed by atoms with E-state index in [0.29, 0.717) is 12.0 Å². The van der Waals surface area contributed by atoms with E-state index in [2.05, 4.69) is 6.92 Å². The summed E-state index contributed by atoms with van der Waals surface area (Å²) in [6.07, 6.45) is 1.46. The number of rotatable bonds is 3. The fraction of sp³-hybridized carbons (Fsp3) is 0.286. The van der Waals surface area contributed by atoms with Gasteiger partial charge in [-0.25, -0.2) is 8.42 Å². The first-order chi connectivity index (χ1) is 8.47. The van der Waals surface area contributed by atoms with Crippen LogP contribution in [0.3, 0.4) is 0 Å². The molecule has 0 aromatic heterocycles. The first kappa shape index (κ1) is 16.7. The van der Waals surface area contributed by atoms with E-state index in [0.717, 1.165) is 17.2 Å². The predicted octanol–water partition coefficient (Wildman–Crippen LogP) is -0.127. The number of fused-ring (bicyclic) bond motifs is 1. The average molecular weight is 286 g/mol. The molecule has 0 saturated heterocycles. The van der Waals surface area contributed by atoms with Gasteiger partial charge < -0.3 is 4.55 Å². The normalized spacial score (nSPS) is 11.3. The molecule has 19 heavy (non-hydrogen) atoms. The van der Waals surface area contributed by atoms with Crippen LogP contribution in [0.25, 0.3) is 10.8 Å². The van der Waals surface area contributed by atoms with Crippen LogP contribution in [0.1, 0.15) is 25.0 Å². The van der Waals surface area contributed by atoms with Gasteiger partial charge in [-0.1, -0.05) is 38.1 Å². The SMILES string of the molecule is CCc1ccc2c(CC)c(S(=O)(=O)[O-])ccc2c1.[Na+]. The second-order valence-electron chi connectivity index (χ2n) is 4.26. The van der Waals surface area contributed by atoms with Crippen molar-refractivity contribution in [3.05, 3.63) is 41.5 Å². The molecule has 0 bridgehead atoms. The number of benzene rings is 2. The minimum atomic E-state index is -4.40. The maximum atomic E-state index is 11.2. The van der Waals surface area contributed by atoms with Gasteiger partial charge in [-0.05, 0) is 40.8 Å². The summed E-state index contributed by atoms with van der Waals surface area (Å²) in [6, 6.07) is 9.04. The smallest absolute Gasteiger partial charge is 0.744 e. The Balaban J connectivity index is 0.00000180. The number of aryl methyl sites for hydroxylation is 2. The van der Waals surface area contributed by atoms with Crippen LogP contribution < -0.4 is 29.6 Å². The van der Waals surface area contributed by atoms with Crippen LogP contribution in [0.15, 0.2) is 35.2 Å². The Kier molecular flexibility index (Phi) is 5.59. The van der Waals surface area contributed by atoms with Crippen LogP contribution in [-0.2, 0) is 23.0 Å². The van der Waals surface area contributed by atoms with Crippen LogP contribution in [0.2, 0.25) is 0 Å². The van der Waals surface area contributed by atoms with Gasteiger partial charge in [0.25, 0.3) is 0 Å². The fourth-order valence-corrected chi connectivity index (χ4v) is 3.03. The Morgan fingerprint density at radius 2 is 1.74 bits per heavy atom. The van der Waals surface area contributed by atoms with E-state index in [1.54, 1.807) is 6.07 Å². The molecule has 0 heterocycles. The van der Waals surface area contributed by atoms with Crippen molar-refractivity contribution in [2.75, 3.05) is 0 Å². The zero-order chi connectivity index (χ0) is 13.3. The van der Waals surface area contributed by atoms with Gasteiger partial charge in [-0.2, -0.15) is 0 Å². The van der Waals surface area contributed by atoms with Crippen molar-refractivity contribution in [3.63, 3.8) is 0 Å². The Hall–Kier alpha value is -0.390. The summed E-state index contributed by atoms with van der Waals surface area (Å²) in [5.74, 6) is 0. The first-order valence-corrected chi connectivity index (χ1v) is 7.38. The topological polar surface area (TPSA) is 57.2 Å². The van der Waals surface area contributed by atoms with Gasteiger partial charge in [0.2, 0.25) is 0 Å². The zero-order valence-electron chi connectivity index (χ0n) is 11.4. The van der Waals surface area contributed by atoms with Crippen molar-refractivity contribution < 1.29 is 42.5 Å².